The van der Waals surface area contributed by atoms with Gasteiger partial charge in [0.15, 0.2) is 11.6 Å². The summed E-state index contributed by atoms with van der Waals surface area (Å²) in [7, 11) is 3.45. The van der Waals surface area contributed by atoms with Crippen LogP contribution in [0.25, 0.3) is 0 Å². The van der Waals surface area contributed by atoms with Crippen LogP contribution in [0.3, 0.4) is 0 Å². The number of methoxy groups -OCH3 is 1. The SMILES string of the molecule is CNc1ncnc(NCCCCC(C)C)c1OC. The van der Waals surface area contributed by atoms with Crippen LogP contribution in [-0.2, 0) is 0 Å². The fourth-order valence-corrected chi connectivity index (χ4v) is 1.76. The van der Waals surface area contributed by atoms with Crippen LogP contribution in [0.4, 0.5) is 11.6 Å². The van der Waals surface area contributed by atoms with E-state index in [2.05, 4.69) is 34.4 Å². The average Bonchev–Trinajstić information content (AvgIpc) is 2.37. The molecule has 5 nitrogen and oxygen atoms in total. The molecule has 1 heterocycles. The third-order valence-electron chi connectivity index (χ3n) is 2.75. The van der Waals surface area contributed by atoms with Crippen molar-refractivity contribution in [3.63, 3.8) is 0 Å². The van der Waals surface area contributed by atoms with E-state index in [0.717, 1.165) is 24.7 Å². The maximum absolute atomic E-state index is 5.31. The van der Waals surface area contributed by atoms with Gasteiger partial charge in [-0.25, -0.2) is 9.97 Å². The number of nitrogens with zero attached hydrogens (tertiary/aromatic N) is 2. The summed E-state index contributed by atoms with van der Waals surface area (Å²) in [6.07, 6.45) is 5.17. The van der Waals surface area contributed by atoms with Crippen LogP contribution in [0.5, 0.6) is 5.75 Å². The van der Waals surface area contributed by atoms with Crippen LogP contribution < -0.4 is 15.4 Å². The fourth-order valence-electron chi connectivity index (χ4n) is 1.76. The van der Waals surface area contributed by atoms with E-state index in [1.807, 2.05) is 7.05 Å². The number of aromatic nitrogens is 2. The summed E-state index contributed by atoms with van der Waals surface area (Å²) in [6, 6.07) is 0. The van der Waals surface area contributed by atoms with E-state index in [4.69, 9.17) is 4.74 Å². The number of hydrogen-bond acceptors (Lipinski definition) is 5. The largest absolute Gasteiger partial charge is 0.490 e. The fraction of sp³-hybridized carbons (Fsp3) is 0.692. The van der Waals surface area contributed by atoms with E-state index in [1.54, 1.807) is 7.11 Å². The summed E-state index contributed by atoms with van der Waals surface area (Å²) in [6.45, 7) is 5.41. The summed E-state index contributed by atoms with van der Waals surface area (Å²) >= 11 is 0. The van der Waals surface area contributed by atoms with Gasteiger partial charge < -0.3 is 15.4 Å². The van der Waals surface area contributed by atoms with Gasteiger partial charge in [-0.3, -0.25) is 0 Å². The van der Waals surface area contributed by atoms with Gasteiger partial charge >= 0.3 is 0 Å². The molecule has 0 unspecified atom stereocenters. The molecule has 0 radical (unpaired) electrons. The summed E-state index contributed by atoms with van der Waals surface area (Å²) in [5.41, 5.74) is 0. The maximum Gasteiger partial charge on any atom is 0.204 e. The Morgan fingerprint density at radius 2 is 1.94 bits per heavy atom. The molecule has 0 aliphatic carbocycles. The molecule has 0 fully saturated rings. The molecule has 2 N–H and O–H groups in total. The Kier molecular flexibility index (Phi) is 6.25. The molecule has 0 aliphatic heterocycles. The standard InChI is InChI=1S/C13H24N4O/c1-10(2)7-5-6-8-15-13-11(18-4)12(14-3)16-9-17-13/h9-10H,5-8H2,1-4H3,(H2,14,15,16,17). The van der Waals surface area contributed by atoms with E-state index in [1.165, 1.54) is 19.2 Å². The highest BCUT2D eigenvalue weighted by Crippen LogP contribution is 2.28. The topological polar surface area (TPSA) is 59.1 Å². The van der Waals surface area contributed by atoms with Crippen molar-refractivity contribution in [1.29, 1.82) is 0 Å². The minimum Gasteiger partial charge on any atom is -0.490 e. The maximum atomic E-state index is 5.31. The third-order valence-corrected chi connectivity index (χ3v) is 2.75. The monoisotopic (exact) mass is 252 g/mol. The van der Waals surface area contributed by atoms with Crippen LogP contribution >= 0.6 is 0 Å². The van der Waals surface area contributed by atoms with E-state index in [9.17, 15) is 0 Å². The molecule has 5 heteroatoms. The average molecular weight is 252 g/mol. The highest BCUT2D eigenvalue weighted by molar-refractivity contribution is 5.63. The lowest BCUT2D eigenvalue weighted by Crippen LogP contribution is -2.08. The van der Waals surface area contributed by atoms with Crippen LogP contribution in [0.15, 0.2) is 6.33 Å². The third kappa shape index (κ3) is 4.39. The Morgan fingerprint density at radius 3 is 2.56 bits per heavy atom. The van der Waals surface area contributed by atoms with E-state index >= 15 is 0 Å². The molecule has 0 amide bonds. The molecule has 1 aromatic heterocycles. The van der Waals surface area contributed by atoms with Crippen molar-refractivity contribution in [2.24, 2.45) is 5.92 Å². The molecule has 0 bridgehead atoms. The van der Waals surface area contributed by atoms with Crippen molar-refractivity contribution in [2.45, 2.75) is 33.1 Å². The number of rotatable bonds is 8. The predicted molar refractivity (Wildman–Crippen MR) is 75.3 cm³/mol. The van der Waals surface area contributed by atoms with Crippen molar-refractivity contribution >= 4 is 11.6 Å². The molecule has 0 atom stereocenters. The predicted octanol–water partition coefficient (Wildman–Crippen LogP) is 2.77. The zero-order valence-corrected chi connectivity index (χ0v) is 11.8. The lowest BCUT2D eigenvalue weighted by molar-refractivity contribution is 0.414. The number of ether oxygens (including phenoxy) is 1. The number of hydrogen-bond donors (Lipinski definition) is 2. The van der Waals surface area contributed by atoms with Gasteiger partial charge in [-0.05, 0) is 12.3 Å². The highest BCUT2D eigenvalue weighted by Gasteiger charge is 2.09. The van der Waals surface area contributed by atoms with Crippen molar-refractivity contribution < 1.29 is 4.74 Å². The zero-order valence-electron chi connectivity index (χ0n) is 11.8. The van der Waals surface area contributed by atoms with Gasteiger partial charge in [0.05, 0.1) is 7.11 Å². The van der Waals surface area contributed by atoms with Crippen LogP contribution in [0.1, 0.15) is 33.1 Å². The summed E-state index contributed by atoms with van der Waals surface area (Å²) in [5, 5.41) is 6.28. The number of unbranched alkanes of at least 4 members (excludes halogenated alkanes) is 1. The van der Waals surface area contributed by atoms with Gasteiger partial charge in [0.2, 0.25) is 5.75 Å². The van der Waals surface area contributed by atoms with Crippen LogP contribution in [0.2, 0.25) is 0 Å². The summed E-state index contributed by atoms with van der Waals surface area (Å²) in [5.74, 6) is 2.90. The zero-order chi connectivity index (χ0) is 13.4. The second kappa shape index (κ2) is 7.74. The molecule has 18 heavy (non-hydrogen) atoms. The Hall–Kier alpha value is -1.52. The Balaban J connectivity index is 2.46. The first kappa shape index (κ1) is 14.5. The molecular formula is C13H24N4O. The second-order valence-corrected chi connectivity index (χ2v) is 4.67. The van der Waals surface area contributed by atoms with Crippen LogP contribution in [0, 0.1) is 5.92 Å². The van der Waals surface area contributed by atoms with Gasteiger partial charge in [-0.2, -0.15) is 0 Å². The Morgan fingerprint density at radius 1 is 1.22 bits per heavy atom. The van der Waals surface area contributed by atoms with Gasteiger partial charge in [0.1, 0.15) is 6.33 Å². The van der Waals surface area contributed by atoms with Crippen molar-refractivity contribution in [1.82, 2.24) is 9.97 Å². The second-order valence-electron chi connectivity index (χ2n) is 4.67. The van der Waals surface area contributed by atoms with Gasteiger partial charge in [-0.1, -0.05) is 26.7 Å². The molecule has 102 valence electrons. The molecule has 0 spiro atoms. The number of nitrogens with one attached hydrogen (secondary N) is 2. The Bertz CT molecular complexity index is 355. The minimum absolute atomic E-state index is 0.670. The summed E-state index contributed by atoms with van der Waals surface area (Å²) in [4.78, 5) is 8.31. The molecule has 0 aliphatic rings. The lowest BCUT2D eigenvalue weighted by atomic mass is 10.1. The lowest BCUT2D eigenvalue weighted by Gasteiger charge is -2.12. The smallest absolute Gasteiger partial charge is 0.204 e. The molecule has 0 aromatic carbocycles. The molecule has 0 saturated carbocycles. The van der Waals surface area contributed by atoms with Gasteiger partial charge in [-0.15, -0.1) is 0 Å². The quantitative estimate of drug-likeness (QED) is 0.697. The normalized spacial score (nSPS) is 10.5. The van der Waals surface area contributed by atoms with Crippen LogP contribution in [-0.4, -0.2) is 30.7 Å². The van der Waals surface area contributed by atoms with Gasteiger partial charge in [0.25, 0.3) is 0 Å². The van der Waals surface area contributed by atoms with Crippen molar-refractivity contribution in [3.8, 4) is 5.75 Å². The van der Waals surface area contributed by atoms with E-state index in [0.29, 0.717) is 11.6 Å². The van der Waals surface area contributed by atoms with E-state index < -0.39 is 0 Å². The Labute approximate surface area is 109 Å². The molecule has 0 saturated heterocycles. The molecule has 1 rings (SSSR count). The first-order chi connectivity index (χ1) is 8.69. The summed E-state index contributed by atoms with van der Waals surface area (Å²) < 4.78 is 5.31. The minimum atomic E-state index is 0.670. The first-order valence-corrected chi connectivity index (χ1v) is 6.49. The highest BCUT2D eigenvalue weighted by atomic mass is 16.5. The van der Waals surface area contributed by atoms with E-state index in [-0.39, 0.29) is 0 Å². The van der Waals surface area contributed by atoms with Gasteiger partial charge in [0, 0.05) is 13.6 Å². The van der Waals surface area contributed by atoms with Crippen molar-refractivity contribution in [2.75, 3.05) is 31.3 Å². The molecule has 1 aromatic rings. The first-order valence-electron chi connectivity index (χ1n) is 6.49. The van der Waals surface area contributed by atoms with Crippen molar-refractivity contribution in [3.05, 3.63) is 6.33 Å². The molecular weight excluding hydrogens is 228 g/mol. The number of anilines is 2.